The fourth-order valence-electron chi connectivity index (χ4n) is 6.82. The van der Waals surface area contributed by atoms with Gasteiger partial charge in [0.05, 0.1) is 13.2 Å². The van der Waals surface area contributed by atoms with E-state index in [0.29, 0.717) is 6.42 Å². The third kappa shape index (κ3) is 47.1. The van der Waals surface area contributed by atoms with Crippen LogP contribution in [0, 0.1) is 0 Å². The lowest BCUT2D eigenvalue weighted by Gasteiger charge is -2.15. The van der Waals surface area contributed by atoms with Crippen LogP contribution >= 0.6 is 7.82 Å². The monoisotopic (exact) mass is 854 g/mol. The Hall–Kier alpha value is -1.77. The number of phosphoric acid groups is 1. The van der Waals surface area contributed by atoms with Gasteiger partial charge in [0.2, 0.25) is 5.91 Å². The van der Waals surface area contributed by atoms with Crippen LogP contribution < -0.4 is 5.32 Å². The van der Waals surface area contributed by atoms with Crippen LogP contribution in [0.1, 0.15) is 232 Å². The van der Waals surface area contributed by atoms with Gasteiger partial charge in [-0.05, 0) is 70.6 Å². The molecule has 0 aromatic heterocycles. The highest BCUT2D eigenvalue weighted by atomic mass is 31.2. The Morgan fingerprint density at radius 1 is 0.525 bits per heavy atom. The number of carbonyl (C=O) groups excluding carboxylic acids is 2. The van der Waals surface area contributed by atoms with Crippen molar-refractivity contribution in [1.82, 2.24) is 5.32 Å². The van der Waals surface area contributed by atoms with Crippen molar-refractivity contribution in [1.29, 1.82) is 0 Å². The maximum Gasteiger partial charge on any atom is 0.472 e. The Kier molecular flexibility index (Phi) is 44.4. The van der Waals surface area contributed by atoms with Crippen LogP contribution in [-0.2, 0) is 27.9 Å². The molecule has 0 spiro atoms. The molecule has 0 aliphatic carbocycles. The normalized spacial score (nSPS) is 13.5. The van der Waals surface area contributed by atoms with Gasteiger partial charge in [0, 0.05) is 19.4 Å². The fourth-order valence-corrected chi connectivity index (χ4v) is 7.58. The van der Waals surface area contributed by atoms with Gasteiger partial charge in [-0.1, -0.05) is 185 Å². The zero-order chi connectivity index (χ0) is 43.2. The standard InChI is InChI=1S/C49H92NO8P/c1-3-5-7-9-11-13-15-17-19-21-22-23-24-26-28-30-32-34-36-38-40-42-49(53)56-45-47(51)46-58-59(54,55)57-44-43-50-48(52)41-39-37-35-33-31-29-27-25-20-18-16-14-12-10-8-6-4-2/h11,13,17-20,47,51H,3-10,12,14-16,21-46H2,1-2H3,(H,50,52)(H,54,55)/b13-11-,19-17-,20-18-. The first-order chi connectivity index (χ1) is 28.8. The summed E-state index contributed by atoms with van der Waals surface area (Å²) in [5, 5.41) is 12.7. The highest BCUT2D eigenvalue weighted by molar-refractivity contribution is 7.47. The van der Waals surface area contributed by atoms with E-state index in [1.54, 1.807) is 0 Å². The van der Waals surface area contributed by atoms with E-state index in [9.17, 15) is 24.2 Å². The van der Waals surface area contributed by atoms with Crippen LogP contribution in [0.5, 0.6) is 0 Å². The number of amides is 1. The average molecular weight is 854 g/mol. The van der Waals surface area contributed by atoms with Gasteiger partial charge in [-0.2, -0.15) is 0 Å². The van der Waals surface area contributed by atoms with Crippen molar-refractivity contribution >= 4 is 19.7 Å². The number of allylic oxidation sites excluding steroid dienone is 6. The number of nitrogens with one attached hydrogen (secondary N) is 1. The lowest BCUT2D eigenvalue weighted by Crippen LogP contribution is -2.27. The topological polar surface area (TPSA) is 131 Å². The van der Waals surface area contributed by atoms with Crippen LogP contribution in [0.3, 0.4) is 0 Å². The molecule has 9 nitrogen and oxygen atoms in total. The number of carbonyl (C=O) groups is 2. The van der Waals surface area contributed by atoms with Gasteiger partial charge in [-0.15, -0.1) is 0 Å². The Balaban J connectivity index is 3.56. The van der Waals surface area contributed by atoms with Gasteiger partial charge in [0.15, 0.2) is 0 Å². The first-order valence-electron chi connectivity index (χ1n) is 24.5. The number of esters is 1. The average Bonchev–Trinajstić information content (AvgIpc) is 3.22. The predicted molar refractivity (Wildman–Crippen MR) is 247 cm³/mol. The van der Waals surface area contributed by atoms with Crippen molar-refractivity contribution in [3.8, 4) is 0 Å². The molecule has 0 aliphatic rings. The Labute approximate surface area is 363 Å². The first-order valence-corrected chi connectivity index (χ1v) is 26.0. The molecule has 10 heteroatoms. The van der Waals surface area contributed by atoms with Crippen LogP contribution in [0.25, 0.3) is 0 Å². The highest BCUT2D eigenvalue weighted by Gasteiger charge is 2.23. The van der Waals surface area contributed by atoms with Crippen molar-refractivity contribution in [3.63, 3.8) is 0 Å². The third-order valence-corrected chi connectivity index (χ3v) is 11.5. The quantitative estimate of drug-likeness (QED) is 0.0239. The smallest absolute Gasteiger partial charge is 0.463 e. The van der Waals surface area contributed by atoms with Gasteiger partial charge in [-0.25, -0.2) is 4.57 Å². The summed E-state index contributed by atoms with van der Waals surface area (Å²) < 4.78 is 27.0. The molecule has 0 rings (SSSR count). The minimum Gasteiger partial charge on any atom is -0.463 e. The molecule has 59 heavy (non-hydrogen) atoms. The van der Waals surface area contributed by atoms with E-state index in [2.05, 4.69) is 55.6 Å². The van der Waals surface area contributed by atoms with Crippen molar-refractivity contribution in [2.75, 3.05) is 26.4 Å². The molecule has 0 radical (unpaired) electrons. The van der Waals surface area contributed by atoms with Gasteiger partial charge in [-0.3, -0.25) is 18.6 Å². The number of hydrogen-bond donors (Lipinski definition) is 3. The lowest BCUT2D eigenvalue weighted by atomic mass is 10.0. The number of aliphatic hydroxyl groups excluding tert-OH is 1. The number of rotatable bonds is 46. The second kappa shape index (κ2) is 45.7. The van der Waals surface area contributed by atoms with E-state index in [1.165, 1.54) is 161 Å². The summed E-state index contributed by atoms with van der Waals surface area (Å²) in [7, 11) is -4.42. The molecule has 0 bridgehead atoms. The van der Waals surface area contributed by atoms with E-state index < -0.39 is 26.5 Å². The molecule has 3 N–H and O–H groups in total. The molecule has 0 saturated heterocycles. The number of hydrogen-bond acceptors (Lipinski definition) is 7. The number of aliphatic hydroxyl groups is 1. The summed E-state index contributed by atoms with van der Waals surface area (Å²) in [4.78, 5) is 34.0. The van der Waals surface area contributed by atoms with E-state index in [0.717, 1.165) is 44.9 Å². The summed E-state index contributed by atoms with van der Waals surface area (Å²) in [6, 6.07) is 0. The lowest BCUT2D eigenvalue weighted by molar-refractivity contribution is -0.147. The van der Waals surface area contributed by atoms with Crippen LogP contribution in [-0.4, -0.2) is 54.3 Å². The molecule has 346 valence electrons. The molecule has 2 atom stereocenters. The Morgan fingerprint density at radius 3 is 1.41 bits per heavy atom. The maximum atomic E-state index is 12.1. The predicted octanol–water partition coefficient (Wildman–Crippen LogP) is 14.1. The van der Waals surface area contributed by atoms with Gasteiger partial charge in [0.25, 0.3) is 0 Å². The second-order valence-electron chi connectivity index (χ2n) is 16.4. The minimum atomic E-state index is -4.42. The van der Waals surface area contributed by atoms with Crippen LogP contribution in [0.2, 0.25) is 0 Å². The molecular formula is C49H92NO8P. The molecule has 0 aliphatic heterocycles. The summed E-state index contributed by atoms with van der Waals surface area (Å²) in [6.45, 7) is 3.55. The van der Waals surface area contributed by atoms with E-state index in [1.807, 2.05) is 0 Å². The van der Waals surface area contributed by atoms with Crippen LogP contribution in [0.4, 0.5) is 0 Å². The second-order valence-corrected chi connectivity index (χ2v) is 17.9. The maximum absolute atomic E-state index is 12.1. The SMILES string of the molecule is CCCCC/C=C\C/C=C\CCCCCCCCCCCCCC(=O)OCC(O)COP(=O)(O)OCCNC(=O)CCCCCCCCC/C=C\CCCCCCCC. The summed E-state index contributed by atoms with van der Waals surface area (Å²) >= 11 is 0. The fraction of sp³-hybridized carbons (Fsp3) is 0.837. The molecular weight excluding hydrogens is 762 g/mol. The molecule has 1 amide bonds. The number of phosphoric ester groups is 1. The Bertz CT molecular complexity index is 1060. The molecule has 0 aromatic rings. The minimum absolute atomic E-state index is 0.0802. The first kappa shape index (κ1) is 57.2. The van der Waals surface area contributed by atoms with Crippen molar-refractivity contribution in [2.45, 2.75) is 238 Å². The summed E-state index contributed by atoms with van der Waals surface area (Å²) in [5.74, 6) is -0.517. The van der Waals surface area contributed by atoms with E-state index in [-0.39, 0.29) is 32.1 Å². The molecule has 0 heterocycles. The largest absolute Gasteiger partial charge is 0.472 e. The molecule has 0 saturated carbocycles. The van der Waals surface area contributed by atoms with Crippen molar-refractivity contribution < 1.29 is 37.9 Å². The van der Waals surface area contributed by atoms with Crippen LogP contribution in [0.15, 0.2) is 36.5 Å². The van der Waals surface area contributed by atoms with Gasteiger partial charge < -0.3 is 20.1 Å². The number of ether oxygens (including phenoxy) is 1. The Morgan fingerprint density at radius 2 is 0.915 bits per heavy atom. The highest BCUT2D eigenvalue weighted by Crippen LogP contribution is 2.42. The third-order valence-electron chi connectivity index (χ3n) is 10.5. The molecule has 2 unspecified atom stereocenters. The van der Waals surface area contributed by atoms with Gasteiger partial charge >= 0.3 is 13.8 Å². The zero-order valence-electron chi connectivity index (χ0n) is 38.2. The number of unbranched alkanes of at least 4 members (excludes halogenated alkanes) is 27. The zero-order valence-corrected chi connectivity index (χ0v) is 39.1. The molecule has 0 fully saturated rings. The van der Waals surface area contributed by atoms with E-state index in [4.69, 9.17) is 13.8 Å². The van der Waals surface area contributed by atoms with E-state index >= 15 is 0 Å². The summed E-state index contributed by atoms with van der Waals surface area (Å²) in [6.07, 6.45) is 52.2. The molecule has 0 aromatic carbocycles. The van der Waals surface area contributed by atoms with Crippen molar-refractivity contribution in [2.24, 2.45) is 0 Å². The summed E-state index contributed by atoms with van der Waals surface area (Å²) in [5.41, 5.74) is 0. The van der Waals surface area contributed by atoms with Gasteiger partial charge in [0.1, 0.15) is 12.7 Å². The van der Waals surface area contributed by atoms with Crippen molar-refractivity contribution in [3.05, 3.63) is 36.5 Å².